The minimum absolute atomic E-state index is 0.0666. The number of urea groups is 1. The van der Waals surface area contributed by atoms with E-state index >= 15 is 0 Å². The average Bonchev–Trinajstić information content (AvgIpc) is 2.65. The highest BCUT2D eigenvalue weighted by molar-refractivity contribution is 7.99. The Balaban J connectivity index is 2.27. The Morgan fingerprint density at radius 1 is 1.28 bits per heavy atom. The number of hydrogen-bond donors (Lipinski definition) is 1. The Morgan fingerprint density at radius 3 is 2.44 bits per heavy atom. The molecule has 96 valence electrons. The van der Waals surface area contributed by atoms with E-state index in [0.717, 1.165) is 5.56 Å². The van der Waals surface area contributed by atoms with Crippen molar-refractivity contribution < 1.29 is 9.59 Å². The fraction of sp³-hybridized carbons (Fsp3) is 0.385. The molecular formula is C13H16N2O2S. The number of carbonyl (C=O) groups is 2. The van der Waals surface area contributed by atoms with Gasteiger partial charge in [-0.05, 0) is 25.3 Å². The fourth-order valence-corrected chi connectivity index (χ4v) is 2.35. The topological polar surface area (TPSA) is 49.4 Å². The molecule has 1 saturated heterocycles. The lowest BCUT2D eigenvalue weighted by Gasteiger charge is -2.15. The minimum atomic E-state index is -0.436. The van der Waals surface area contributed by atoms with Gasteiger partial charge in [-0.2, -0.15) is 11.8 Å². The minimum Gasteiger partial charge on any atom is -0.324 e. The number of imide groups is 1. The molecule has 2 atom stereocenters. The third-order valence-corrected chi connectivity index (χ3v) is 4.12. The highest BCUT2D eigenvalue weighted by Gasteiger charge is 2.41. The van der Waals surface area contributed by atoms with Crippen LogP contribution in [0.1, 0.15) is 12.5 Å². The maximum atomic E-state index is 12.2. The standard InChI is InChI=1S/C13H16N2O2S/c1-8-4-6-10(7-5-8)15-12(16)11(9(2)18-3)14-13(15)17/h4-7,9,11H,1-3H3,(H,14,17). The van der Waals surface area contributed by atoms with Gasteiger partial charge < -0.3 is 5.32 Å². The van der Waals surface area contributed by atoms with Gasteiger partial charge in [-0.1, -0.05) is 24.6 Å². The number of nitrogens with one attached hydrogen (secondary N) is 1. The van der Waals surface area contributed by atoms with Crippen molar-refractivity contribution in [3.05, 3.63) is 29.8 Å². The number of nitrogens with zero attached hydrogens (tertiary/aromatic N) is 1. The van der Waals surface area contributed by atoms with E-state index in [1.807, 2.05) is 32.2 Å². The van der Waals surface area contributed by atoms with Crippen molar-refractivity contribution in [1.82, 2.24) is 5.32 Å². The number of anilines is 1. The summed E-state index contributed by atoms with van der Waals surface area (Å²) in [6.45, 7) is 3.90. The van der Waals surface area contributed by atoms with E-state index in [-0.39, 0.29) is 17.2 Å². The van der Waals surface area contributed by atoms with Gasteiger partial charge >= 0.3 is 6.03 Å². The van der Waals surface area contributed by atoms with Crippen LogP contribution in [-0.2, 0) is 4.79 Å². The Morgan fingerprint density at radius 2 is 1.89 bits per heavy atom. The van der Waals surface area contributed by atoms with E-state index in [1.165, 1.54) is 4.90 Å². The van der Waals surface area contributed by atoms with Crippen LogP contribution < -0.4 is 10.2 Å². The first-order valence-electron chi connectivity index (χ1n) is 5.78. The van der Waals surface area contributed by atoms with Crippen LogP contribution in [0.25, 0.3) is 0 Å². The van der Waals surface area contributed by atoms with Crippen molar-refractivity contribution in [2.24, 2.45) is 0 Å². The molecule has 5 heteroatoms. The molecule has 0 radical (unpaired) electrons. The molecule has 1 aliphatic heterocycles. The summed E-state index contributed by atoms with van der Waals surface area (Å²) in [5, 5.41) is 2.80. The summed E-state index contributed by atoms with van der Waals surface area (Å²) in [4.78, 5) is 25.3. The second-order valence-electron chi connectivity index (χ2n) is 4.38. The highest BCUT2D eigenvalue weighted by atomic mass is 32.2. The molecular weight excluding hydrogens is 248 g/mol. The van der Waals surface area contributed by atoms with Gasteiger partial charge in [0.2, 0.25) is 0 Å². The smallest absolute Gasteiger partial charge is 0.324 e. The van der Waals surface area contributed by atoms with E-state index in [4.69, 9.17) is 0 Å². The zero-order chi connectivity index (χ0) is 13.3. The van der Waals surface area contributed by atoms with Crippen LogP contribution in [0.15, 0.2) is 24.3 Å². The molecule has 0 spiro atoms. The molecule has 0 aliphatic carbocycles. The van der Waals surface area contributed by atoms with Gasteiger partial charge in [0.1, 0.15) is 6.04 Å². The van der Waals surface area contributed by atoms with E-state index in [1.54, 1.807) is 23.9 Å². The zero-order valence-corrected chi connectivity index (χ0v) is 11.5. The normalized spacial score (nSPS) is 21.1. The van der Waals surface area contributed by atoms with Gasteiger partial charge in [-0.25, -0.2) is 9.69 Å². The first-order chi connectivity index (χ1) is 8.54. The molecule has 0 bridgehead atoms. The second kappa shape index (κ2) is 5.02. The first kappa shape index (κ1) is 13.0. The number of benzene rings is 1. The highest BCUT2D eigenvalue weighted by Crippen LogP contribution is 2.23. The van der Waals surface area contributed by atoms with Crippen molar-refractivity contribution in [3.63, 3.8) is 0 Å². The van der Waals surface area contributed by atoms with E-state index in [9.17, 15) is 9.59 Å². The fourth-order valence-electron chi connectivity index (χ4n) is 1.89. The van der Waals surface area contributed by atoms with Crippen molar-refractivity contribution in [2.75, 3.05) is 11.2 Å². The number of hydrogen-bond acceptors (Lipinski definition) is 3. The summed E-state index contributed by atoms with van der Waals surface area (Å²) in [6.07, 6.45) is 1.93. The predicted octanol–water partition coefficient (Wildman–Crippen LogP) is 2.17. The molecule has 1 fully saturated rings. The molecule has 3 amide bonds. The Kier molecular flexibility index (Phi) is 3.61. The summed E-state index contributed by atoms with van der Waals surface area (Å²) in [5.74, 6) is -0.175. The van der Waals surface area contributed by atoms with Gasteiger partial charge in [0.25, 0.3) is 5.91 Å². The first-order valence-corrected chi connectivity index (χ1v) is 7.07. The molecule has 1 aliphatic rings. The van der Waals surface area contributed by atoms with Crippen molar-refractivity contribution in [1.29, 1.82) is 0 Å². The zero-order valence-electron chi connectivity index (χ0n) is 10.6. The lowest BCUT2D eigenvalue weighted by Crippen LogP contribution is -2.37. The molecule has 1 N–H and O–H groups in total. The average molecular weight is 264 g/mol. The van der Waals surface area contributed by atoms with Crippen LogP contribution in [-0.4, -0.2) is 29.5 Å². The van der Waals surface area contributed by atoms with Crippen LogP contribution in [0.3, 0.4) is 0 Å². The van der Waals surface area contributed by atoms with Crippen LogP contribution in [0.4, 0.5) is 10.5 Å². The molecule has 2 rings (SSSR count). The SMILES string of the molecule is CSC(C)C1NC(=O)N(c2ccc(C)cc2)C1=O. The quantitative estimate of drug-likeness (QED) is 0.851. The van der Waals surface area contributed by atoms with E-state index < -0.39 is 6.04 Å². The molecule has 18 heavy (non-hydrogen) atoms. The number of amides is 3. The lowest BCUT2D eigenvalue weighted by atomic mass is 10.2. The van der Waals surface area contributed by atoms with Crippen molar-refractivity contribution >= 4 is 29.4 Å². The number of thioether (sulfide) groups is 1. The number of carbonyl (C=O) groups excluding carboxylic acids is 2. The number of rotatable bonds is 3. The van der Waals surface area contributed by atoms with Crippen LogP contribution in [0, 0.1) is 6.92 Å². The molecule has 0 saturated carbocycles. The monoisotopic (exact) mass is 264 g/mol. The van der Waals surface area contributed by atoms with E-state index in [0.29, 0.717) is 5.69 Å². The van der Waals surface area contributed by atoms with Crippen LogP contribution in [0.5, 0.6) is 0 Å². The second-order valence-corrected chi connectivity index (χ2v) is 5.59. The van der Waals surface area contributed by atoms with Gasteiger partial charge in [-0.15, -0.1) is 0 Å². The van der Waals surface area contributed by atoms with Gasteiger partial charge in [0.05, 0.1) is 5.69 Å². The third kappa shape index (κ3) is 2.22. The summed E-state index contributed by atoms with van der Waals surface area (Å²) < 4.78 is 0. The van der Waals surface area contributed by atoms with Gasteiger partial charge in [0, 0.05) is 5.25 Å². The largest absolute Gasteiger partial charge is 0.329 e. The summed E-state index contributed by atoms with van der Waals surface area (Å²) in [6, 6.07) is 6.59. The maximum absolute atomic E-state index is 12.2. The van der Waals surface area contributed by atoms with Crippen LogP contribution in [0.2, 0.25) is 0 Å². The predicted molar refractivity (Wildman–Crippen MR) is 74.0 cm³/mol. The lowest BCUT2D eigenvalue weighted by molar-refractivity contribution is -0.118. The summed E-state index contributed by atoms with van der Waals surface area (Å²) >= 11 is 1.57. The van der Waals surface area contributed by atoms with Crippen LogP contribution >= 0.6 is 11.8 Å². The van der Waals surface area contributed by atoms with Crippen molar-refractivity contribution in [3.8, 4) is 0 Å². The number of aryl methyl sites for hydroxylation is 1. The van der Waals surface area contributed by atoms with E-state index in [2.05, 4.69) is 5.32 Å². The Bertz CT molecular complexity index is 472. The maximum Gasteiger partial charge on any atom is 0.329 e. The molecule has 1 heterocycles. The molecule has 4 nitrogen and oxygen atoms in total. The Hall–Kier alpha value is -1.49. The molecule has 2 unspecified atom stereocenters. The van der Waals surface area contributed by atoms with Crippen molar-refractivity contribution in [2.45, 2.75) is 25.1 Å². The molecule has 0 aromatic heterocycles. The van der Waals surface area contributed by atoms with Gasteiger partial charge in [0.15, 0.2) is 0 Å². The molecule has 1 aromatic rings. The van der Waals surface area contributed by atoms with Gasteiger partial charge in [-0.3, -0.25) is 4.79 Å². The summed E-state index contributed by atoms with van der Waals surface area (Å²) in [7, 11) is 0. The molecule has 1 aromatic carbocycles. The Labute approximate surface area is 111 Å². The summed E-state index contributed by atoms with van der Waals surface area (Å²) in [5.41, 5.74) is 1.72. The third-order valence-electron chi connectivity index (χ3n) is 3.10.